The lowest BCUT2D eigenvalue weighted by Gasteiger charge is -1.90. The molecule has 1 aromatic rings. The smallest absolute Gasteiger partial charge is 0.284 e. The van der Waals surface area contributed by atoms with Gasteiger partial charge in [0.25, 0.3) is 5.82 Å². The topological polar surface area (TPSA) is 17.2 Å². The Kier molecular flexibility index (Phi) is 2.41. The summed E-state index contributed by atoms with van der Waals surface area (Å²) in [5, 5.41) is 0. The van der Waals surface area contributed by atoms with Gasteiger partial charge >= 0.3 is 0 Å². The van der Waals surface area contributed by atoms with Crippen LogP contribution in [0, 0.1) is 6.57 Å². The first-order valence-electron chi connectivity index (χ1n) is 2.43. The van der Waals surface area contributed by atoms with Gasteiger partial charge in [0.2, 0.25) is 0 Å². The van der Waals surface area contributed by atoms with Crippen LogP contribution in [0.3, 0.4) is 0 Å². The second-order valence-electron chi connectivity index (χ2n) is 1.55. The van der Waals surface area contributed by atoms with Gasteiger partial charge in [0, 0.05) is 4.47 Å². The van der Waals surface area contributed by atoms with E-state index in [1.54, 1.807) is 12.1 Å². The summed E-state index contributed by atoms with van der Waals surface area (Å²) in [6, 6.07) is 3.56. The summed E-state index contributed by atoms with van der Waals surface area (Å²) in [4.78, 5) is 7.10. The van der Waals surface area contributed by atoms with E-state index < -0.39 is 0 Å². The molecule has 4 heteroatoms. The molecule has 1 heterocycles. The van der Waals surface area contributed by atoms with Gasteiger partial charge in [-0.1, -0.05) is 28.6 Å². The molecule has 0 saturated heterocycles. The second kappa shape index (κ2) is 3.13. The highest BCUT2D eigenvalue weighted by atomic mass is 79.9. The first kappa shape index (κ1) is 7.70. The zero-order chi connectivity index (χ0) is 7.56. The molecule has 0 atom stereocenters. The summed E-state index contributed by atoms with van der Waals surface area (Å²) in [6.07, 6.45) is 0. The molecule has 0 N–H and O–H groups in total. The number of pyridine rings is 1. The Balaban J connectivity index is 3.25. The minimum absolute atomic E-state index is 0.384. The molecule has 0 amide bonds. The standard InChI is InChI=1S/C6H2Br2N2/c1-9-6-4(7)2-3-5(8)10-6/h2-3H. The molecule has 0 saturated carbocycles. The van der Waals surface area contributed by atoms with Crippen LogP contribution in [0.15, 0.2) is 21.2 Å². The maximum atomic E-state index is 6.69. The van der Waals surface area contributed by atoms with E-state index in [2.05, 4.69) is 41.7 Å². The van der Waals surface area contributed by atoms with Gasteiger partial charge in [-0.25, -0.2) is 0 Å². The maximum Gasteiger partial charge on any atom is 0.284 e. The summed E-state index contributed by atoms with van der Waals surface area (Å²) in [6.45, 7) is 6.69. The van der Waals surface area contributed by atoms with Crippen LogP contribution in [-0.4, -0.2) is 4.98 Å². The highest BCUT2D eigenvalue weighted by Gasteiger charge is 2.01. The van der Waals surface area contributed by atoms with Crippen LogP contribution in [0.2, 0.25) is 0 Å². The van der Waals surface area contributed by atoms with Gasteiger partial charge in [0.1, 0.15) is 0 Å². The summed E-state index contributed by atoms with van der Waals surface area (Å²) >= 11 is 6.36. The Morgan fingerprint density at radius 3 is 2.60 bits per heavy atom. The predicted octanol–water partition coefficient (Wildman–Crippen LogP) is 3.16. The van der Waals surface area contributed by atoms with Crippen molar-refractivity contribution in [2.75, 3.05) is 0 Å². The van der Waals surface area contributed by atoms with Crippen LogP contribution < -0.4 is 0 Å². The van der Waals surface area contributed by atoms with E-state index in [-0.39, 0.29) is 0 Å². The molecule has 2 nitrogen and oxygen atoms in total. The maximum absolute atomic E-state index is 6.69. The van der Waals surface area contributed by atoms with Gasteiger partial charge in [-0.05, 0) is 22.0 Å². The molecule has 0 aliphatic heterocycles. The van der Waals surface area contributed by atoms with Crippen molar-refractivity contribution >= 4 is 37.7 Å². The number of halogens is 2. The molecule has 0 spiro atoms. The van der Waals surface area contributed by atoms with Gasteiger partial charge in [-0.3, -0.25) is 0 Å². The average Bonchev–Trinajstić information content (AvgIpc) is 1.94. The zero-order valence-electron chi connectivity index (χ0n) is 4.81. The lowest BCUT2D eigenvalue weighted by atomic mass is 10.5. The van der Waals surface area contributed by atoms with E-state index in [0.29, 0.717) is 10.4 Å². The molecule has 1 aromatic heterocycles. The van der Waals surface area contributed by atoms with Gasteiger partial charge in [0.05, 0.1) is 0 Å². The molecule has 0 fully saturated rings. The van der Waals surface area contributed by atoms with Crippen LogP contribution >= 0.6 is 31.9 Å². The van der Waals surface area contributed by atoms with Crippen LogP contribution in [0.1, 0.15) is 0 Å². The molecule has 0 unspecified atom stereocenters. The van der Waals surface area contributed by atoms with Crippen molar-refractivity contribution in [1.82, 2.24) is 4.98 Å². The second-order valence-corrected chi connectivity index (χ2v) is 3.22. The SMILES string of the molecule is [C-]#[N+]c1nc(Br)ccc1Br. The molecule has 10 heavy (non-hydrogen) atoms. The largest absolute Gasteiger partial charge is 0.360 e. The summed E-state index contributed by atoms with van der Waals surface area (Å²) in [5.41, 5.74) is 0. The summed E-state index contributed by atoms with van der Waals surface area (Å²) in [5.74, 6) is 0.384. The lowest BCUT2D eigenvalue weighted by Crippen LogP contribution is -1.74. The van der Waals surface area contributed by atoms with Gasteiger partial charge in [-0.2, -0.15) is 0 Å². The minimum Gasteiger partial charge on any atom is -0.360 e. The Bertz CT molecular complexity index is 290. The number of hydrogen-bond donors (Lipinski definition) is 0. The quantitative estimate of drug-likeness (QED) is 0.518. The van der Waals surface area contributed by atoms with Crippen LogP contribution in [0.25, 0.3) is 4.85 Å². The highest BCUT2D eigenvalue weighted by molar-refractivity contribution is 9.11. The van der Waals surface area contributed by atoms with Crippen LogP contribution in [0.5, 0.6) is 0 Å². The first-order valence-corrected chi connectivity index (χ1v) is 4.02. The average molecular weight is 262 g/mol. The van der Waals surface area contributed by atoms with Crippen molar-refractivity contribution in [3.8, 4) is 0 Å². The van der Waals surface area contributed by atoms with E-state index in [1.165, 1.54) is 0 Å². The molecule has 0 radical (unpaired) electrons. The van der Waals surface area contributed by atoms with Gasteiger partial charge in [-0.15, -0.1) is 4.98 Å². The summed E-state index contributed by atoms with van der Waals surface area (Å²) < 4.78 is 1.41. The Labute approximate surface area is 75.4 Å². The number of rotatable bonds is 0. The Morgan fingerprint density at radius 2 is 2.10 bits per heavy atom. The number of nitrogens with zero attached hydrogens (tertiary/aromatic N) is 2. The fourth-order valence-electron chi connectivity index (χ4n) is 0.487. The Morgan fingerprint density at radius 1 is 1.40 bits per heavy atom. The number of hydrogen-bond acceptors (Lipinski definition) is 1. The summed E-state index contributed by atoms with van der Waals surface area (Å²) in [7, 11) is 0. The van der Waals surface area contributed by atoms with Crippen molar-refractivity contribution in [3.05, 3.63) is 32.6 Å². The minimum atomic E-state index is 0.384. The molecule has 0 aliphatic carbocycles. The molecule has 0 aliphatic rings. The monoisotopic (exact) mass is 260 g/mol. The number of aromatic nitrogens is 1. The normalized spacial score (nSPS) is 8.90. The van der Waals surface area contributed by atoms with E-state index in [0.717, 1.165) is 4.47 Å². The van der Waals surface area contributed by atoms with Crippen LogP contribution in [0.4, 0.5) is 5.82 Å². The fraction of sp³-hybridized carbons (Fsp3) is 0. The zero-order valence-corrected chi connectivity index (χ0v) is 7.98. The van der Waals surface area contributed by atoms with Crippen molar-refractivity contribution in [2.45, 2.75) is 0 Å². The lowest BCUT2D eigenvalue weighted by molar-refractivity contribution is 1.29. The molecule has 0 bridgehead atoms. The fourth-order valence-corrected chi connectivity index (χ4v) is 1.10. The van der Waals surface area contributed by atoms with E-state index >= 15 is 0 Å². The highest BCUT2D eigenvalue weighted by Crippen LogP contribution is 2.24. The van der Waals surface area contributed by atoms with Crippen molar-refractivity contribution < 1.29 is 0 Å². The van der Waals surface area contributed by atoms with Crippen LogP contribution in [-0.2, 0) is 0 Å². The van der Waals surface area contributed by atoms with Crippen molar-refractivity contribution in [1.29, 1.82) is 0 Å². The van der Waals surface area contributed by atoms with E-state index in [1.807, 2.05) is 0 Å². The third-order valence-corrected chi connectivity index (χ3v) is 1.96. The molecule has 1 rings (SSSR count). The van der Waals surface area contributed by atoms with Gasteiger partial charge < -0.3 is 4.85 Å². The first-order chi connectivity index (χ1) is 4.74. The molecule has 0 aromatic carbocycles. The van der Waals surface area contributed by atoms with E-state index in [9.17, 15) is 0 Å². The predicted molar refractivity (Wildman–Crippen MR) is 45.9 cm³/mol. The third kappa shape index (κ3) is 1.55. The Hall–Kier alpha value is -0.400. The van der Waals surface area contributed by atoms with Crippen molar-refractivity contribution in [2.24, 2.45) is 0 Å². The van der Waals surface area contributed by atoms with Gasteiger partial charge in [0.15, 0.2) is 4.60 Å². The van der Waals surface area contributed by atoms with Crippen molar-refractivity contribution in [3.63, 3.8) is 0 Å². The molecular formula is C6H2Br2N2. The molecule has 50 valence electrons. The molecular weight excluding hydrogens is 260 g/mol. The third-order valence-electron chi connectivity index (χ3n) is 0.899. The van der Waals surface area contributed by atoms with E-state index in [4.69, 9.17) is 6.57 Å².